The number of nitrogens with one attached hydrogen (secondary N) is 1. The summed E-state index contributed by atoms with van der Waals surface area (Å²) >= 11 is 2.21. The van der Waals surface area contributed by atoms with Crippen LogP contribution in [0.4, 0.5) is 5.82 Å². The van der Waals surface area contributed by atoms with Gasteiger partial charge in [-0.25, -0.2) is 10.1 Å². The number of hydrazone groups is 1. The molecule has 0 fully saturated rings. The molecule has 2 heterocycles. The Hall–Kier alpha value is -2.87. The van der Waals surface area contributed by atoms with Gasteiger partial charge in [-0.3, -0.25) is 9.69 Å². The lowest BCUT2D eigenvalue weighted by molar-refractivity contribution is 0.0948. The normalized spacial score (nSPS) is 11.4. The van der Waals surface area contributed by atoms with Gasteiger partial charge < -0.3 is 5.73 Å². The molecule has 0 aliphatic rings. The summed E-state index contributed by atoms with van der Waals surface area (Å²) in [6, 6.07) is 7.71. The summed E-state index contributed by atoms with van der Waals surface area (Å²) in [5.41, 5.74) is 9.78. The van der Waals surface area contributed by atoms with E-state index in [9.17, 15) is 4.79 Å². The van der Waals surface area contributed by atoms with Gasteiger partial charge in [-0.1, -0.05) is 31.2 Å². The fraction of sp³-hybridized carbons (Fsp3) is 0.294. The molecule has 0 atom stereocenters. The number of nitrogens with zero attached hydrogens (tertiary/aromatic N) is 7. The van der Waals surface area contributed by atoms with Gasteiger partial charge in [-0.05, 0) is 63.7 Å². The molecule has 152 valence electrons. The van der Waals surface area contributed by atoms with E-state index in [2.05, 4.69) is 63.3 Å². The van der Waals surface area contributed by atoms with Gasteiger partial charge >= 0.3 is 0 Å². The zero-order chi connectivity index (χ0) is 20.8. The molecular formula is C17H20IN9O2. The van der Waals surface area contributed by atoms with Gasteiger partial charge in [-0.15, -0.1) is 5.10 Å². The molecule has 0 saturated heterocycles. The van der Waals surface area contributed by atoms with Crippen molar-refractivity contribution in [2.75, 3.05) is 18.8 Å². The third-order valence-electron chi connectivity index (χ3n) is 4.17. The molecule has 0 radical (unpaired) electrons. The van der Waals surface area contributed by atoms with Crippen LogP contribution in [0.25, 0.3) is 5.82 Å². The third kappa shape index (κ3) is 4.95. The second-order valence-corrected chi connectivity index (χ2v) is 7.23. The third-order valence-corrected chi connectivity index (χ3v) is 4.84. The van der Waals surface area contributed by atoms with Crippen LogP contribution in [0.5, 0.6) is 0 Å². The highest BCUT2D eigenvalue weighted by atomic mass is 127. The quantitative estimate of drug-likeness (QED) is 0.264. The topological polar surface area (TPSA) is 140 Å². The second-order valence-electron chi connectivity index (χ2n) is 5.99. The Balaban J connectivity index is 1.86. The van der Waals surface area contributed by atoms with Crippen molar-refractivity contribution in [3.05, 3.63) is 44.8 Å². The molecule has 1 amide bonds. The minimum absolute atomic E-state index is 0.0550. The summed E-state index contributed by atoms with van der Waals surface area (Å²) in [7, 11) is 0. The number of amides is 1. The maximum Gasteiger partial charge on any atom is 0.293 e. The summed E-state index contributed by atoms with van der Waals surface area (Å²) < 4.78 is 7.09. The SMILES string of the molecule is CCN(CC)Cc1c(C(=O)N/N=C\c2cccc(I)c2)nnn1-c1nonc1N. The van der Waals surface area contributed by atoms with Crippen LogP contribution in [0.1, 0.15) is 35.6 Å². The largest absolute Gasteiger partial charge is 0.378 e. The molecule has 0 saturated carbocycles. The Labute approximate surface area is 180 Å². The van der Waals surface area contributed by atoms with Crippen LogP contribution >= 0.6 is 22.6 Å². The molecule has 12 heteroatoms. The summed E-state index contributed by atoms with van der Waals surface area (Å²) in [4.78, 5) is 14.8. The van der Waals surface area contributed by atoms with Crippen molar-refractivity contribution in [3.8, 4) is 5.82 Å². The Morgan fingerprint density at radius 2 is 2.17 bits per heavy atom. The van der Waals surface area contributed by atoms with E-state index >= 15 is 0 Å². The summed E-state index contributed by atoms with van der Waals surface area (Å²) in [5.74, 6) is -0.254. The van der Waals surface area contributed by atoms with Gasteiger partial charge in [-0.2, -0.15) is 9.78 Å². The van der Waals surface area contributed by atoms with E-state index in [1.807, 2.05) is 38.1 Å². The number of nitrogen functional groups attached to an aromatic ring is 1. The Bertz CT molecular complexity index is 1010. The molecule has 3 rings (SSSR count). The Kier molecular flexibility index (Phi) is 6.87. The van der Waals surface area contributed by atoms with Crippen LogP contribution in [0.15, 0.2) is 34.0 Å². The van der Waals surface area contributed by atoms with Crippen molar-refractivity contribution in [3.63, 3.8) is 0 Å². The van der Waals surface area contributed by atoms with Crippen LogP contribution in [-0.2, 0) is 6.54 Å². The second kappa shape index (κ2) is 9.56. The van der Waals surface area contributed by atoms with Crippen molar-refractivity contribution >= 4 is 40.5 Å². The van der Waals surface area contributed by atoms with Crippen LogP contribution in [0.2, 0.25) is 0 Å². The number of rotatable bonds is 8. The first-order valence-corrected chi connectivity index (χ1v) is 9.95. The van der Waals surface area contributed by atoms with Crippen LogP contribution < -0.4 is 11.2 Å². The molecular weight excluding hydrogens is 489 g/mol. The Morgan fingerprint density at radius 1 is 1.38 bits per heavy atom. The van der Waals surface area contributed by atoms with Crippen LogP contribution in [0, 0.1) is 3.57 Å². The standard InChI is InChI=1S/C17H20IN9O2/c1-3-26(4-2)10-13-14(21-25-27(13)16-15(19)23-29-24-16)17(28)22-20-9-11-6-5-7-12(18)8-11/h5-9H,3-4,10H2,1-2H3,(H2,19,23)(H,22,28)/b20-9-. The fourth-order valence-electron chi connectivity index (χ4n) is 2.59. The number of anilines is 1. The van der Waals surface area contributed by atoms with Gasteiger partial charge in [0.25, 0.3) is 5.91 Å². The molecule has 0 aliphatic carbocycles. The summed E-state index contributed by atoms with van der Waals surface area (Å²) in [6.07, 6.45) is 1.56. The minimum Gasteiger partial charge on any atom is -0.378 e. The molecule has 3 aromatic rings. The lowest BCUT2D eigenvalue weighted by Gasteiger charge is -2.18. The molecule has 0 aliphatic heterocycles. The van der Waals surface area contributed by atoms with Gasteiger partial charge in [0.1, 0.15) is 0 Å². The number of halogens is 1. The van der Waals surface area contributed by atoms with Gasteiger partial charge in [0.15, 0.2) is 5.69 Å². The molecule has 0 unspecified atom stereocenters. The molecule has 0 bridgehead atoms. The number of hydrogen-bond acceptors (Lipinski definition) is 9. The number of hydrogen-bond donors (Lipinski definition) is 2. The Morgan fingerprint density at radius 3 is 2.83 bits per heavy atom. The van der Waals surface area contributed by atoms with Crippen molar-refractivity contribution in [2.24, 2.45) is 5.10 Å². The predicted molar refractivity (Wildman–Crippen MR) is 114 cm³/mol. The van der Waals surface area contributed by atoms with Crippen molar-refractivity contribution in [1.29, 1.82) is 0 Å². The van der Waals surface area contributed by atoms with E-state index in [0.29, 0.717) is 12.2 Å². The number of benzene rings is 1. The first-order chi connectivity index (χ1) is 14.0. The fourth-order valence-corrected chi connectivity index (χ4v) is 3.16. The van der Waals surface area contributed by atoms with E-state index < -0.39 is 5.91 Å². The predicted octanol–water partition coefficient (Wildman–Crippen LogP) is 1.44. The first kappa shape index (κ1) is 20.9. The van der Waals surface area contributed by atoms with Crippen molar-refractivity contribution in [1.82, 2.24) is 35.6 Å². The lowest BCUT2D eigenvalue weighted by atomic mass is 10.2. The van der Waals surface area contributed by atoms with E-state index in [0.717, 1.165) is 22.2 Å². The molecule has 11 nitrogen and oxygen atoms in total. The van der Waals surface area contributed by atoms with Gasteiger partial charge in [0, 0.05) is 10.1 Å². The molecule has 29 heavy (non-hydrogen) atoms. The number of carbonyl (C=O) groups is 1. The molecule has 0 spiro atoms. The summed E-state index contributed by atoms with van der Waals surface area (Å²) in [6.45, 7) is 6.01. The molecule has 1 aromatic carbocycles. The lowest BCUT2D eigenvalue weighted by Crippen LogP contribution is -2.27. The maximum atomic E-state index is 12.7. The van der Waals surface area contributed by atoms with Gasteiger partial charge in [0.05, 0.1) is 11.9 Å². The maximum absolute atomic E-state index is 12.7. The molecule has 2 aromatic heterocycles. The smallest absolute Gasteiger partial charge is 0.293 e. The minimum atomic E-state index is -0.490. The van der Waals surface area contributed by atoms with E-state index in [1.54, 1.807) is 6.21 Å². The number of nitrogens with two attached hydrogens (primary N) is 1. The highest BCUT2D eigenvalue weighted by Gasteiger charge is 2.24. The number of carbonyl (C=O) groups excluding carboxylic acids is 1. The van der Waals surface area contributed by atoms with Crippen LogP contribution in [0.3, 0.4) is 0 Å². The van der Waals surface area contributed by atoms with Crippen molar-refractivity contribution in [2.45, 2.75) is 20.4 Å². The monoisotopic (exact) mass is 509 g/mol. The highest BCUT2D eigenvalue weighted by molar-refractivity contribution is 14.1. The average molecular weight is 509 g/mol. The number of aromatic nitrogens is 5. The van der Waals surface area contributed by atoms with E-state index in [1.165, 1.54) is 4.68 Å². The zero-order valence-corrected chi connectivity index (χ0v) is 18.1. The van der Waals surface area contributed by atoms with Gasteiger partial charge in [0.2, 0.25) is 11.6 Å². The average Bonchev–Trinajstić information content (AvgIpc) is 3.31. The van der Waals surface area contributed by atoms with Crippen LogP contribution in [-0.4, -0.2) is 55.4 Å². The van der Waals surface area contributed by atoms with Crippen molar-refractivity contribution < 1.29 is 9.42 Å². The first-order valence-electron chi connectivity index (χ1n) is 8.87. The highest BCUT2D eigenvalue weighted by Crippen LogP contribution is 2.17. The summed E-state index contributed by atoms with van der Waals surface area (Å²) in [5, 5.41) is 19.4. The van der Waals surface area contributed by atoms with E-state index in [-0.39, 0.29) is 17.3 Å². The van der Waals surface area contributed by atoms with E-state index in [4.69, 9.17) is 5.73 Å². The molecule has 3 N–H and O–H groups in total. The zero-order valence-electron chi connectivity index (χ0n) is 15.9.